The molecule has 4 N–H and O–H groups in total. The van der Waals surface area contributed by atoms with E-state index in [1.165, 1.54) is 6.92 Å². The zero-order chi connectivity index (χ0) is 11.1. The lowest BCUT2D eigenvalue weighted by atomic mass is 10.2. The number of thiol groups is 2. The van der Waals surface area contributed by atoms with Crippen LogP contribution in [0.15, 0.2) is 0 Å². The number of nitrogens with two attached hydrogens (primary N) is 2. The Labute approximate surface area is 114 Å². The molecule has 0 aliphatic heterocycles. The molecule has 0 aliphatic rings. The van der Waals surface area contributed by atoms with E-state index in [4.69, 9.17) is 5.73 Å². The summed E-state index contributed by atoms with van der Waals surface area (Å²) in [5, 5.41) is 0. The van der Waals surface area contributed by atoms with Gasteiger partial charge in [0, 0.05) is 13.3 Å². The molecule has 4 nitrogen and oxygen atoms in total. The quantitative estimate of drug-likeness (QED) is 0.465. The van der Waals surface area contributed by atoms with Crippen LogP contribution >= 0.6 is 50.1 Å². The molecule has 0 unspecified atom stereocenters. The number of amides is 2. The van der Waals surface area contributed by atoms with Crippen molar-refractivity contribution in [2.45, 2.75) is 30.8 Å². The van der Waals surface area contributed by atoms with Crippen LogP contribution in [0.25, 0.3) is 0 Å². The van der Waals surface area contributed by atoms with Crippen LogP contribution in [-0.2, 0) is 9.59 Å². The summed E-state index contributed by atoms with van der Waals surface area (Å²) in [5.74, 6) is -0.693. The van der Waals surface area contributed by atoms with Gasteiger partial charge in [0.05, 0.1) is 4.08 Å². The molecule has 0 atom stereocenters. The third-order valence-corrected chi connectivity index (χ3v) is 1.97. The molecule has 0 spiro atoms. The lowest BCUT2D eigenvalue weighted by Crippen LogP contribution is -2.22. The van der Waals surface area contributed by atoms with E-state index in [9.17, 15) is 9.59 Å². The van der Waals surface area contributed by atoms with Gasteiger partial charge in [-0.3, -0.25) is 9.59 Å². The number of primary amides is 2. The van der Waals surface area contributed by atoms with E-state index in [2.05, 4.69) is 31.0 Å². The van der Waals surface area contributed by atoms with E-state index in [-0.39, 0.29) is 43.0 Å². The predicted molar refractivity (Wildman–Crippen MR) is 74.2 cm³/mol. The van der Waals surface area contributed by atoms with Crippen LogP contribution in [0.1, 0.15) is 26.7 Å². The first-order chi connectivity index (χ1) is 5.71. The lowest BCUT2D eigenvalue weighted by molar-refractivity contribution is -0.118. The minimum Gasteiger partial charge on any atom is -0.370 e. The average Bonchev–Trinajstić information content (AvgIpc) is 1.83. The van der Waals surface area contributed by atoms with Gasteiger partial charge >= 0.3 is 0 Å². The van der Waals surface area contributed by atoms with E-state index >= 15 is 0 Å². The van der Waals surface area contributed by atoms with Crippen LogP contribution in [0.4, 0.5) is 0 Å². The summed E-state index contributed by atoms with van der Waals surface area (Å²) in [6.45, 7) is 3.21. The fraction of sp³-hybridized carbons (Fsp3) is 0.714. The van der Waals surface area contributed by atoms with Gasteiger partial charge in [-0.05, 0) is 6.42 Å². The highest BCUT2D eigenvalue weighted by Crippen LogP contribution is 2.26. The first-order valence-electron chi connectivity index (χ1n) is 3.70. The van der Waals surface area contributed by atoms with Crippen molar-refractivity contribution in [3.05, 3.63) is 0 Å². The van der Waals surface area contributed by atoms with Gasteiger partial charge in [-0.1, -0.05) is 6.92 Å². The Kier molecular flexibility index (Phi) is 20.0. The second-order valence-corrected chi connectivity index (χ2v) is 4.65. The Bertz CT molecular complexity index is 188. The first-order valence-corrected chi connectivity index (χ1v) is 4.60. The molecule has 0 fully saturated rings. The normalized spacial score (nSPS) is 8.53. The first kappa shape index (κ1) is 24.4. The van der Waals surface area contributed by atoms with Gasteiger partial charge in [-0.2, -0.15) is 25.3 Å². The highest BCUT2D eigenvalue weighted by atomic mass is 35.5. The van der Waals surface area contributed by atoms with Crippen molar-refractivity contribution < 1.29 is 9.59 Å². The summed E-state index contributed by atoms with van der Waals surface area (Å²) in [6.07, 6.45) is 0.942. The van der Waals surface area contributed by atoms with E-state index in [0.29, 0.717) is 0 Å². The van der Waals surface area contributed by atoms with Crippen molar-refractivity contribution in [3.8, 4) is 0 Å². The van der Waals surface area contributed by atoms with Gasteiger partial charge in [0.1, 0.15) is 0 Å². The highest BCUT2D eigenvalue weighted by molar-refractivity contribution is 8.00. The molecule has 15 heavy (non-hydrogen) atoms. The molecule has 0 bridgehead atoms. The van der Waals surface area contributed by atoms with Gasteiger partial charge in [-0.25, -0.2) is 0 Å². The molecule has 0 rings (SSSR count). The maximum atomic E-state index is 10.3. The van der Waals surface area contributed by atoms with Crippen molar-refractivity contribution in [2.75, 3.05) is 0 Å². The minimum absolute atomic E-state index is 0. The number of carbonyl (C=O) groups is 2. The molecule has 0 aromatic carbocycles. The summed E-state index contributed by atoms with van der Waals surface area (Å²) in [4.78, 5) is 19.5. The Morgan fingerprint density at radius 2 is 1.47 bits per heavy atom. The van der Waals surface area contributed by atoms with E-state index in [0.717, 1.165) is 6.42 Å². The number of halogens is 2. The predicted octanol–water partition coefficient (Wildman–Crippen LogP) is 1.16. The van der Waals surface area contributed by atoms with Gasteiger partial charge < -0.3 is 11.5 Å². The Balaban J connectivity index is -0.0000000883. The second kappa shape index (κ2) is 12.3. The summed E-state index contributed by atoms with van der Waals surface area (Å²) in [7, 11) is 0. The molecule has 0 saturated carbocycles. The van der Waals surface area contributed by atoms with E-state index < -0.39 is 4.08 Å². The van der Waals surface area contributed by atoms with Crippen LogP contribution in [0.2, 0.25) is 0 Å². The zero-order valence-corrected chi connectivity index (χ0v) is 12.0. The van der Waals surface area contributed by atoms with Gasteiger partial charge in [0.25, 0.3) is 0 Å². The number of hydrogen-bond acceptors (Lipinski definition) is 4. The second-order valence-electron chi connectivity index (χ2n) is 2.59. The van der Waals surface area contributed by atoms with Crippen molar-refractivity contribution in [3.63, 3.8) is 0 Å². The Hall–Kier alpha value is 0.220. The van der Waals surface area contributed by atoms with E-state index in [1.54, 1.807) is 0 Å². The summed E-state index contributed by atoms with van der Waals surface area (Å²) < 4.78 is -0.522. The zero-order valence-electron chi connectivity index (χ0n) is 8.60. The molecule has 0 aromatic heterocycles. The monoisotopic (exact) mass is 296 g/mol. The van der Waals surface area contributed by atoms with Gasteiger partial charge in [0.2, 0.25) is 11.8 Å². The Morgan fingerprint density at radius 1 is 1.20 bits per heavy atom. The van der Waals surface area contributed by atoms with Crippen molar-refractivity contribution in [2.24, 2.45) is 11.5 Å². The lowest BCUT2D eigenvalue weighted by Gasteiger charge is -2.17. The number of carbonyl (C=O) groups excluding carboxylic acids is 2. The minimum atomic E-state index is -0.522. The van der Waals surface area contributed by atoms with Crippen molar-refractivity contribution in [1.29, 1.82) is 0 Å². The maximum Gasteiger partial charge on any atom is 0.219 e. The largest absolute Gasteiger partial charge is 0.370 e. The molecule has 0 radical (unpaired) electrons. The van der Waals surface area contributed by atoms with Crippen molar-refractivity contribution in [1.82, 2.24) is 0 Å². The molecule has 0 heterocycles. The van der Waals surface area contributed by atoms with Crippen LogP contribution in [-0.4, -0.2) is 15.9 Å². The smallest absolute Gasteiger partial charge is 0.219 e. The van der Waals surface area contributed by atoms with Crippen molar-refractivity contribution >= 4 is 61.9 Å². The number of rotatable bonds is 3. The topological polar surface area (TPSA) is 86.2 Å². The SMILES string of the molecule is CC(N)=O.CCC(S)(S)CC(N)=O.Cl.Cl. The summed E-state index contributed by atoms with van der Waals surface area (Å²) in [6, 6.07) is 0. The molecular weight excluding hydrogens is 279 g/mol. The third-order valence-electron chi connectivity index (χ3n) is 1.02. The molecule has 0 saturated heterocycles. The summed E-state index contributed by atoms with van der Waals surface area (Å²) >= 11 is 8.18. The standard InChI is InChI=1S/C5H11NOS2.C2H5NO.2ClH/c1-2-5(8,9)3-4(6)7;1-2(3)4;;/h8-9H,2-3H2,1H3,(H2,6,7);1H3,(H2,3,4);2*1H. The van der Waals surface area contributed by atoms with Gasteiger partial charge in [0.15, 0.2) is 0 Å². The van der Waals surface area contributed by atoms with Gasteiger partial charge in [-0.15, -0.1) is 24.8 Å². The molecule has 8 heteroatoms. The van der Waals surface area contributed by atoms with Crippen LogP contribution in [0.5, 0.6) is 0 Å². The van der Waals surface area contributed by atoms with Crippen LogP contribution in [0, 0.1) is 0 Å². The maximum absolute atomic E-state index is 10.3. The third kappa shape index (κ3) is 31.4. The fourth-order valence-corrected chi connectivity index (χ4v) is 0.716. The molecule has 94 valence electrons. The van der Waals surface area contributed by atoms with Crippen LogP contribution in [0.3, 0.4) is 0 Å². The Morgan fingerprint density at radius 3 is 1.53 bits per heavy atom. The molecule has 0 aromatic rings. The molecule has 2 amide bonds. The van der Waals surface area contributed by atoms with E-state index in [1.807, 2.05) is 6.92 Å². The average molecular weight is 297 g/mol. The fourth-order valence-electron chi connectivity index (χ4n) is 0.404. The highest BCUT2D eigenvalue weighted by Gasteiger charge is 2.19. The molecule has 0 aliphatic carbocycles. The number of hydrogen-bond donors (Lipinski definition) is 4. The molecular formula is C7H18Cl2N2O2S2. The van der Waals surface area contributed by atoms with Crippen LogP contribution < -0.4 is 11.5 Å². The summed E-state index contributed by atoms with van der Waals surface area (Å²) in [5.41, 5.74) is 9.39.